The van der Waals surface area contributed by atoms with Crippen molar-refractivity contribution in [2.45, 2.75) is 55.3 Å². The van der Waals surface area contributed by atoms with Gasteiger partial charge in [0, 0.05) is 18.1 Å². The molecule has 0 aromatic heterocycles. The van der Waals surface area contributed by atoms with Crippen molar-refractivity contribution in [3.05, 3.63) is 35.9 Å². The summed E-state index contributed by atoms with van der Waals surface area (Å²) in [5.74, 6) is 0.147. The molecule has 1 amide bonds. The molecule has 31 heavy (non-hydrogen) atoms. The highest BCUT2D eigenvalue weighted by molar-refractivity contribution is 8.21. The van der Waals surface area contributed by atoms with Crippen molar-refractivity contribution in [1.29, 1.82) is 0 Å². The lowest BCUT2D eigenvalue weighted by molar-refractivity contribution is -0.150. The van der Waals surface area contributed by atoms with Crippen molar-refractivity contribution in [3.63, 3.8) is 0 Å². The Morgan fingerprint density at radius 2 is 1.94 bits per heavy atom. The molecule has 0 aliphatic carbocycles. The number of nitrogens with zero attached hydrogens (tertiary/aromatic N) is 1. The Kier molecular flexibility index (Phi) is 8.30. The molecule has 2 aliphatic rings. The van der Waals surface area contributed by atoms with E-state index >= 15 is 0 Å². The van der Waals surface area contributed by atoms with Crippen LogP contribution in [0.5, 0.6) is 0 Å². The van der Waals surface area contributed by atoms with E-state index in [4.69, 9.17) is 4.74 Å². The highest BCUT2D eigenvalue weighted by Crippen LogP contribution is 2.53. The lowest BCUT2D eigenvalue weighted by Crippen LogP contribution is -2.55. The maximum atomic E-state index is 13.2. The van der Waals surface area contributed by atoms with Crippen LogP contribution in [0.25, 0.3) is 0 Å². The molecule has 1 aromatic carbocycles. The third-order valence-electron chi connectivity index (χ3n) is 5.68. The van der Waals surface area contributed by atoms with Crippen molar-refractivity contribution in [3.8, 4) is 0 Å². The maximum absolute atomic E-state index is 13.2. The van der Waals surface area contributed by atoms with Crippen molar-refractivity contribution < 1.29 is 24.2 Å². The molecule has 0 bridgehead atoms. The number of aliphatic carboxylic acids is 1. The Hall–Kier alpha value is -1.71. The number of carboxylic acids is 1. The van der Waals surface area contributed by atoms with E-state index in [0.29, 0.717) is 25.8 Å². The SMILES string of the molecule is CCOC(=O)C(CCc1ccccc1)N[C@@H](C)C(=O)N1CCC2(SCCS2)[C@@H]1C(=O)O. The zero-order chi connectivity index (χ0) is 22.4. The number of amides is 1. The zero-order valence-electron chi connectivity index (χ0n) is 17.9. The minimum atomic E-state index is -0.967. The molecule has 2 fully saturated rings. The van der Waals surface area contributed by atoms with Crippen molar-refractivity contribution in [2.24, 2.45) is 0 Å². The molecule has 1 spiro atoms. The number of thioether (sulfide) groups is 2. The number of carboxylic acid groups (broad SMARTS) is 1. The second-order valence-corrected chi connectivity index (χ2v) is 10.9. The van der Waals surface area contributed by atoms with Gasteiger partial charge in [-0.25, -0.2) is 4.79 Å². The van der Waals surface area contributed by atoms with Crippen LogP contribution in [0, 0.1) is 0 Å². The number of carbonyl (C=O) groups is 3. The van der Waals surface area contributed by atoms with Gasteiger partial charge in [0.25, 0.3) is 0 Å². The fraction of sp³-hybridized carbons (Fsp3) is 0.591. The van der Waals surface area contributed by atoms with Gasteiger partial charge in [0.15, 0.2) is 6.04 Å². The Bertz CT molecular complexity index is 785. The monoisotopic (exact) mass is 466 g/mol. The third kappa shape index (κ3) is 5.56. The van der Waals surface area contributed by atoms with Crippen LogP contribution in [0.3, 0.4) is 0 Å². The summed E-state index contributed by atoms with van der Waals surface area (Å²) in [6, 6.07) is 7.63. The topological polar surface area (TPSA) is 95.9 Å². The van der Waals surface area contributed by atoms with Crippen LogP contribution >= 0.6 is 23.5 Å². The van der Waals surface area contributed by atoms with Crippen LogP contribution in [0.15, 0.2) is 30.3 Å². The molecular formula is C22H30N2O5S2. The molecular weight excluding hydrogens is 436 g/mol. The average molecular weight is 467 g/mol. The van der Waals surface area contributed by atoms with Crippen LogP contribution in [0.4, 0.5) is 0 Å². The summed E-state index contributed by atoms with van der Waals surface area (Å²) in [5.41, 5.74) is 1.10. The van der Waals surface area contributed by atoms with Crippen molar-refractivity contribution in [1.82, 2.24) is 10.2 Å². The quantitative estimate of drug-likeness (QED) is 0.536. The first-order chi connectivity index (χ1) is 14.9. The largest absolute Gasteiger partial charge is 0.480 e. The molecule has 2 aliphatic heterocycles. The Morgan fingerprint density at radius 1 is 1.26 bits per heavy atom. The lowest BCUT2D eigenvalue weighted by Gasteiger charge is -2.32. The van der Waals surface area contributed by atoms with Gasteiger partial charge >= 0.3 is 11.9 Å². The summed E-state index contributed by atoms with van der Waals surface area (Å²) in [6.07, 6.45) is 1.81. The van der Waals surface area contributed by atoms with Gasteiger partial charge in [-0.15, -0.1) is 23.5 Å². The Labute approximate surface area is 191 Å². The molecule has 0 radical (unpaired) electrons. The number of likely N-dealkylation sites (tertiary alicyclic amines) is 1. The second-order valence-electron chi connectivity index (χ2n) is 7.75. The summed E-state index contributed by atoms with van der Waals surface area (Å²) in [7, 11) is 0. The van der Waals surface area contributed by atoms with Crippen LogP contribution in [-0.4, -0.2) is 74.7 Å². The number of esters is 1. The number of hydrogen-bond acceptors (Lipinski definition) is 7. The standard InChI is InChI=1S/C22H30N2O5S2/c1-3-29-21(28)17(10-9-16-7-5-4-6-8-16)23-15(2)19(25)24-12-11-22(18(24)20(26)27)30-13-14-31-22/h4-8,15,17-18,23H,3,9-14H2,1-2H3,(H,26,27)/t15-,17?,18-/m0/s1. The zero-order valence-corrected chi connectivity index (χ0v) is 19.5. The molecule has 1 unspecified atom stereocenters. The van der Waals surface area contributed by atoms with Gasteiger partial charge < -0.3 is 14.7 Å². The average Bonchev–Trinajstić information content (AvgIpc) is 3.38. The molecule has 2 heterocycles. The van der Waals surface area contributed by atoms with E-state index in [-0.39, 0.29) is 12.5 Å². The normalized spacial score (nSPS) is 21.7. The van der Waals surface area contributed by atoms with E-state index in [1.165, 1.54) is 4.90 Å². The summed E-state index contributed by atoms with van der Waals surface area (Å²) >= 11 is 3.29. The number of carbonyl (C=O) groups excluding carboxylic acids is 2. The van der Waals surface area contributed by atoms with Gasteiger partial charge in [0.05, 0.1) is 16.7 Å². The van der Waals surface area contributed by atoms with Gasteiger partial charge in [-0.05, 0) is 38.7 Å². The third-order valence-corrected chi connectivity index (χ3v) is 9.29. The molecule has 7 nitrogen and oxygen atoms in total. The number of aryl methyl sites for hydroxylation is 1. The lowest BCUT2D eigenvalue weighted by atomic mass is 10.0. The van der Waals surface area contributed by atoms with Crippen LogP contribution in [0.1, 0.15) is 32.3 Å². The van der Waals surface area contributed by atoms with E-state index < -0.39 is 34.1 Å². The number of nitrogens with one attached hydrogen (secondary N) is 1. The molecule has 1 aromatic rings. The minimum Gasteiger partial charge on any atom is -0.480 e. The summed E-state index contributed by atoms with van der Waals surface area (Å²) in [4.78, 5) is 39.3. The Morgan fingerprint density at radius 3 is 2.55 bits per heavy atom. The molecule has 3 rings (SSSR count). The predicted molar refractivity (Wildman–Crippen MR) is 123 cm³/mol. The fourth-order valence-electron chi connectivity index (χ4n) is 4.20. The number of ether oxygens (including phenoxy) is 1. The highest BCUT2D eigenvalue weighted by atomic mass is 32.2. The van der Waals surface area contributed by atoms with Crippen molar-refractivity contribution in [2.75, 3.05) is 24.7 Å². The van der Waals surface area contributed by atoms with Gasteiger partial charge in [0.1, 0.15) is 6.04 Å². The minimum absolute atomic E-state index is 0.259. The van der Waals surface area contributed by atoms with E-state index in [9.17, 15) is 19.5 Å². The van der Waals surface area contributed by atoms with Crippen molar-refractivity contribution >= 4 is 41.4 Å². The first kappa shape index (κ1) is 23.9. The molecule has 2 N–H and O–H groups in total. The Balaban J connectivity index is 1.68. The first-order valence-electron chi connectivity index (χ1n) is 10.7. The van der Waals surface area contributed by atoms with Crippen LogP contribution < -0.4 is 5.32 Å². The summed E-state index contributed by atoms with van der Waals surface area (Å²) in [6.45, 7) is 4.11. The number of hydrogen-bond donors (Lipinski definition) is 2. The predicted octanol–water partition coefficient (Wildman–Crippen LogP) is 2.39. The van der Waals surface area contributed by atoms with Gasteiger partial charge in [-0.3, -0.25) is 14.9 Å². The van der Waals surface area contributed by atoms with E-state index in [0.717, 1.165) is 17.1 Å². The van der Waals surface area contributed by atoms with Crippen LogP contribution in [0.2, 0.25) is 0 Å². The number of rotatable bonds is 9. The molecule has 170 valence electrons. The van der Waals surface area contributed by atoms with Crippen LogP contribution in [-0.2, 0) is 25.5 Å². The van der Waals surface area contributed by atoms with E-state index in [2.05, 4.69) is 5.32 Å². The smallest absolute Gasteiger partial charge is 0.328 e. The van der Waals surface area contributed by atoms with Gasteiger partial charge in [0.2, 0.25) is 5.91 Å². The molecule has 2 saturated heterocycles. The summed E-state index contributed by atoms with van der Waals surface area (Å²) in [5, 5.41) is 13.0. The number of benzene rings is 1. The second kappa shape index (κ2) is 10.7. The maximum Gasteiger partial charge on any atom is 0.328 e. The molecule has 9 heteroatoms. The highest BCUT2D eigenvalue weighted by Gasteiger charge is 2.56. The van der Waals surface area contributed by atoms with E-state index in [1.807, 2.05) is 30.3 Å². The fourth-order valence-corrected chi connectivity index (χ4v) is 7.63. The van der Waals surface area contributed by atoms with E-state index in [1.54, 1.807) is 37.4 Å². The molecule has 0 saturated carbocycles. The van der Waals surface area contributed by atoms with Gasteiger partial charge in [-0.1, -0.05) is 30.3 Å². The molecule has 3 atom stereocenters. The summed E-state index contributed by atoms with van der Waals surface area (Å²) < 4.78 is 4.74. The van der Waals surface area contributed by atoms with Gasteiger partial charge in [-0.2, -0.15) is 0 Å². The first-order valence-corrected chi connectivity index (χ1v) is 12.6.